The lowest BCUT2D eigenvalue weighted by molar-refractivity contribution is 0.0882. The second kappa shape index (κ2) is 6.82. The molecule has 1 amide bonds. The first kappa shape index (κ1) is 17.8. The van der Waals surface area contributed by atoms with Gasteiger partial charge in [0.05, 0.1) is 5.54 Å². The predicted molar refractivity (Wildman–Crippen MR) is 73.4 cm³/mol. The van der Waals surface area contributed by atoms with Crippen molar-refractivity contribution in [2.24, 2.45) is 11.7 Å². The maximum atomic E-state index is 13.0. The Morgan fingerprint density at radius 1 is 1.32 bits per heavy atom. The van der Waals surface area contributed by atoms with Crippen LogP contribution in [0.2, 0.25) is 0 Å². The van der Waals surface area contributed by atoms with Gasteiger partial charge in [0.15, 0.2) is 0 Å². The number of halogens is 3. The summed E-state index contributed by atoms with van der Waals surface area (Å²) in [5.74, 6) is -1.99. The molecule has 0 aliphatic heterocycles. The Morgan fingerprint density at radius 3 is 2.16 bits per heavy atom. The summed E-state index contributed by atoms with van der Waals surface area (Å²) in [6.45, 7) is 5.87. The van der Waals surface area contributed by atoms with Gasteiger partial charge in [-0.15, -0.1) is 12.4 Å². The molecule has 0 saturated heterocycles. The van der Waals surface area contributed by atoms with Crippen molar-refractivity contribution in [3.8, 4) is 0 Å². The molecule has 0 saturated carbocycles. The Morgan fingerprint density at radius 2 is 1.79 bits per heavy atom. The second-order valence-corrected chi connectivity index (χ2v) is 4.89. The Kier molecular flexibility index (Phi) is 6.39. The van der Waals surface area contributed by atoms with Gasteiger partial charge < -0.3 is 11.1 Å². The lowest BCUT2D eigenvalue weighted by Gasteiger charge is -2.33. The smallest absolute Gasteiger partial charge is 0.251 e. The molecule has 0 heterocycles. The fourth-order valence-electron chi connectivity index (χ4n) is 1.45. The second-order valence-electron chi connectivity index (χ2n) is 4.89. The van der Waals surface area contributed by atoms with E-state index in [0.717, 1.165) is 18.2 Å². The number of benzene rings is 1. The number of hydrogen-bond acceptors (Lipinski definition) is 2. The standard InChI is InChI=1S/C13H18F2N2O.ClH/c1-8(2)13(3,7-16)17-12(18)9-4-10(14)6-11(15)5-9;/h4-6,8H,7,16H2,1-3H3,(H,17,18);1H. The number of nitrogens with two attached hydrogens (primary N) is 1. The van der Waals surface area contributed by atoms with Crippen molar-refractivity contribution in [1.82, 2.24) is 5.32 Å². The number of carbonyl (C=O) groups excluding carboxylic acids is 1. The first-order chi connectivity index (χ1) is 8.28. The maximum absolute atomic E-state index is 13.0. The molecule has 0 aliphatic rings. The summed E-state index contributed by atoms with van der Waals surface area (Å²) < 4.78 is 26.0. The van der Waals surface area contributed by atoms with Gasteiger partial charge >= 0.3 is 0 Å². The van der Waals surface area contributed by atoms with Crippen molar-refractivity contribution < 1.29 is 13.6 Å². The molecule has 0 radical (unpaired) electrons. The van der Waals surface area contributed by atoms with Crippen molar-refractivity contribution in [2.75, 3.05) is 6.54 Å². The molecule has 0 bridgehead atoms. The minimum absolute atomic E-state index is 0. The topological polar surface area (TPSA) is 55.1 Å². The molecule has 1 unspecified atom stereocenters. The van der Waals surface area contributed by atoms with E-state index in [2.05, 4.69) is 5.32 Å². The van der Waals surface area contributed by atoms with Gasteiger partial charge in [-0.1, -0.05) is 13.8 Å². The highest BCUT2D eigenvalue weighted by Gasteiger charge is 2.29. The van der Waals surface area contributed by atoms with Crippen LogP contribution in [0.4, 0.5) is 8.78 Å². The molecule has 0 spiro atoms. The SMILES string of the molecule is CC(C)C(C)(CN)NC(=O)c1cc(F)cc(F)c1.Cl. The van der Waals surface area contributed by atoms with Crippen LogP contribution in [0, 0.1) is 17.6 Å². The van der Waals surface area contributed by atoms with E-state index in [4.69, 9.17) is 5.73 Å². The Bertz CT molecular complexity index is 434. The average Bonchev–Trinajstić information content (AvgIpc) is 2.27. The van der Waals surface area contributed by atoms with E-state index in [1.165, 1.54) is 0 Å². The van der Waals surface area contributed by atoms with Crippen LogP contribution in [-0.2, 0) is 0 Å². The minimum Gasteiger partial charge on any atom is -0.345 e. The fourth-order valence-corrected chi connectivity index (χ4v) is 1.45. The molecular weight excluding hydrogens is 274 g/mol. The zero-order chi connectivity index (χ0) is 13.9. The van der Waals surface area contributed by atoms with Crippen molar-refractivity contribution in [3.05, 3.63) is 35.4 Å². The molecule has 1 aromatic rings. The van der Waals surface area contributed by atoms with E-state index < -0.39 is 23.1 Å². The fraction of sp³-hybridized carbons (Fsp3) is 0.462. The van der Waals surface area contributed by atoms with Crippen molar-refractivity contribution >= 4 is 18.3 Å². The van der Waals surface area contributed by atoms with Crippen LogP contribution in [0.25, 0.3) is 0 Å². The summed E-state index contributed by atoms with van der Waals surface area (Å²) in [6.07, 6.45) is 0. The van der Waals surface area contributed by atoms with Crippen LogP contribution in [0.5, 0.6) is 0 Å². The summed E-state index contributed by atoms with van der Waals surface area (Å²) in [5.41, 5.74) is 4.97. The highest BCUT2D eigenvalue weighted by molar-refractivity contribution is 5.94. The van der Waals surface area contributed by atoms with Gasteiger partial charge in [-0.05, 0) is 25.0 Å². The third kappa shape index (κ3) is 4.44. The van der Waals surface area contributed by atoms with Crippen molar-refractivity contribution in [2.45, 2.75) is 26.3 Å². The number of carbonyl (C=O) groups is 1. The molecule has 19 heavy (non-hydrogen) atoms. The summed E-state index contributed by atoms with van der Waals surface area (Å²) in [7, 11) is 0. The molecule has 1 atom stereocenters. The molecule has 1 rings (SSSR count). The largest absolute Gasteiger partial charge is 0.345 e. The van der Waals surface area contributed by atoms with E-state index in [0.29, 0.717) is 0 Å². The van der Waals surface area contributed by atoms with E-state index in [1.54, 1.807) is 6.92 Å². The van der Waals surface area contributed by atoms with Gasteiger partial charge in [0, 0.05) is 18.2 Å². The van der Waals surface area contributed by atoms with E-state index in [9.17, 15) is 13.6 Å². The molecule has 0 fully saturated rings. The van der Waals surface area contributed by atoms with Crippen LogP contribution in [-0.4, -0.2) is 18.0 Å². The Labute approximate surface area is 118 Å². The molecule has 0 aliphatic carbocycles. The highest BCUT2D eigenvalue weighted by Crippen LogP contribution is 2.16. The molecule has 0 aromatic heterocycles. The summed E-state index contributed by atoms with van der Waals surface area (Å²) in [6, 6.07) is 2.71. The quantitative estimate of drug-likeness (QED) is 0.896. The summed E-state index contributed by atoms with van der Waals surface area (Å²) in [4.78, 5) is 11.9. The normalized spacial score (nSPS) is 13.6. The number of rotatable bonds is 4. The monoisotopic (exact) mass is 292 g/mol. The van der Waals surface area contributed by atoms with Crippen molar-refractivity contribution in [1.29, 1.82) is 0 Å². The Hall–Kier alpha value is -1.20. The van der Waals surface area contributed by atoms with Crippen LogP contribution < -0.4 is 11.1 Å². The van der Waals surface area contributed by atoms with Gasteiger partial charge in [0.25, 0.3) is 5.91 Å². The zero-order valence-corrected chi connectivity index (χ0v) is 12.0. The van der Waals surface area contributed by atoms with E-state index >= 15 is 0 Å². The van der Waals surface area contributed by atoms with Crippen LogP contribution >= 0.6 is 12.4 Å². The highest BCUT2D eigenvalue weighted by atomic mass is 35.5. The van der Waals surface area contributed by atoms with Gasteiger partial charge in [-0.25, -0.2) is 8.78 Å². The van der Waals surface area contributed by atoms with Gasteiger partial charge in [0.2, 0.25) is 0 Å². The van der Waals surface area contributed by atoms with Gasteiger partial charge in [-0.2, -0.15) is 0 Å². The molecule has 108 valence electrons. The van der Waals surface area contributed by atoms with E-state index in [1.807, 2.05) is 13.8 Å². The first-order valence-electron chi connectivity index (χ1n) is 5.77. The van der Waals surface area contributed by atoms with Crippen molar-refractivity contribution in [3.63, 3.8) is 0 Å². The predicted octanol–water partition coefficient (Wildman–Crippen LogP) is 2.49. The number of amides is 1. The molecular formula is C13H19ClF2N2O. The molecule has 6 heteroatoms. The lowest BCUT2D eigenvalue weighted by Crippen LogP contribution is -2.55. The summed E-state index contributed by atoms with van der Waals surface area (Å²) >= 11 is 0. The minimum atomic E-state index is -0.779. The third-order valence-corrected chi connectivity index (χ3v) is 3.22. The van der Waals surface area contributed by atoms with Gasteiger partial charge in [0.1, 0.15) is 11.6 Å². The lowest BCUT2D eigenvalue weighted by atomic mass is 9.88. The Balaban J connectivity index is 0.00000324. The first-order valence-corrected chi connectivity index (χ1v) is 5.77. The van der Waals surface area contributed by atoms with E-state index in [-0.39, 0.29) is 30.4 Å². The number of hydrogen-bond donors (Lipinski definition) is 2. The molecule has 1 aromatic carbocycles. The number of nitrogens with one attached hydrogen (secondary N) is 1. The van der Waals surface area contributed by atoms with Gasteiger partial charge in [-0.3, -0.25) is 4.79 Å². The van der Waals surface area contributed by atoms with Crippen LogP contribution in [0.15, 0.2) is 18.2 Å². The molecule has 3 nitrogen and oxygen atoms in total. The summed E-state index contributed by atoms with van der Waals surface area (Å²) in [5, 5.41) is 2.72. The zero-order valence-electron chi connectivity index (χ0n) is 11.2. The molecule has 3 N–H and O–H groups in total. The average molecular weight is 293 g/mol. The van der Waals surface area contributed by atoms with Crippen LogP contribution in [0.3, 0.4) is 0 Å². The maximum Gasteiger partial charge on any atom is 0.251 e. The van der Waals surface area contributed by atoms with Crippen LogP contribution in [0.1, 0.15) is 31.1 Å². The third-order valence-electron chi connectivity index (χ3n) is 3.22.